The molecule has 0 fully saturated rings. The average Bonchev–Trinajstić information content (AvgIpc) is 2.99. The van der Waals surface area contributed by atoms with Gasteiger partial charge in [0.1, 0.15) is 0 Å². The Morgan fingerprint density at radius 2 is 1.42 bits per heavy atom. The van der Waals surface area contributed by atoms with E-state index in [0.29, 0.717) is 10.0 Å². The fourth-order valence-corrected chi connectivity index (χ4v) is 3.00. The van der Waals surface area contributed by atoms with Crippen molar-refractivity contribution >= 4 is 28.8 Å². The molecule has 0 amide bonds. The van der Waals surface area contributed by atoms with Crippen LogP contribution >= 0.6 is 23.2 Å². The molecule has 0 saturated carbocycles. The summed E-state index contributed by atoms with van der Waals surface area (Å²) < 4.78 is 1.86. The third-order valence-electron chi connectivity index (χ3n) is 3.90. The molecule has 0 bridgehead atoms. The topological polar surface area (TPSA) is 30.2 Å². The van der Waals surface area contributed by atoms with E-state index in [2.05, 4.69) is 10.1 Å². The summed E-state index contributed by atoms with van der Waals surface area (Å²) in [7, 11) is 0. The predicted octanol–water partition coefficient (Wildman–Crippen LogP) is 5.68. The Balaban J connectivity index is 1.94. The van der Waals surface area contributed by atoms with Crippen LogP contribution in [0.5, 0.6) is 0 Å². The van der Waals surface area contributed by atoms with Crippen molar-refractivity contribution in [3.05, 3.63) is 76.5 Å². The summed E-state index contributed by atoms with van der Waals surface area (Å²) in [5.41, 5.74) is 5.79. The second kappa shape index (κ2) is 5.93. The Morgan fingerprint density at radius 3 is 2.04 bits per heavy atom. The number of benzene rings is 2. The van der Waals surface area contributed by atoms with Crippen LogP contribution in [-0.2, 0) is 0 Å². The third-order valence-corrected chi connectivity index (χ3v) is 4.40. The number of fused-ring (bicyclic) bond motifs is 1. The van der Waals surface area contributed by atoms with Gasteiger partial charge in [0.05, 0.1) is 11.9 Å². The van der Waals surface area contributed by atoms with Crippen molar-refractivity contribution < 1.29 is 0 Å². The molecule has 0 saturated heterocycles. The van der Waals surface area contributed by atoms with E-state index in [-0.39, 0.29) is 0 Å². The number of aryl methyl sites for hydroxylation is 1. The number of nitrogens with zero attached hydrogens (tertiary/aromatic N) is 3. The van der Waals surface area contributed by atoms with Crippen molar-refractivity contribution in [2.45, 2.75) is 6.92 Å². The quantitative estimate of drug-likeness (QED) is 0.464. The zero-order valence-corrected chi connectivity index (χ0v) is 14.4. The minimum Gasteiger partial charge on any atom is -0.233 e. The van der Waals surface area contributed by atoms with E-state index < -0.39 is 0 Å². The van der Waals surface area contributed by atoms with E-state index in [4.69, 9.17) is 23.2 Å². The van der Waals surface area contributed by atoms with E-state index in [1.165, 1.54) is 0 Å². The van der Waals surface area contributed by atoms with E-state index in [1.807, 2.05) is 72.2 Å². The summed E-state index contributed by atoms with van der Waals surface area (Å²) >= 11 is 12.0. The van der Waals surface area contributed by atoms with Gasteiger partial charge in [0, 0.05) is 26.9 Å². The summed E-state index contributed by atoms with van der Waals surface area (Å²) in [4.78, 5) is 4.68. The number of rotatable bonds is 2. The van der Waals surface area contributed by atoms with Crippen LogP contribution in [0.25, 0.3) is 28.0 Å². The maximum Gasteiger partial charge on any atom is 0.163 e. The normalized spacial score (nSPS) is 11.1. The molecule has 0 unspecified atom stereocenters. The van der Waals surface area contributed by atoms with Crippen LogP contribution < -0.4 is 0 Å². The first kappa shape index (κ1) is 15.2. The summed E-state index contributed by atoms with van der Waals surface area (Å²) in [5.74, 6) is 0. The number of aromatic nitrogens is 3. The highest BCUT2D eigenvalue weighted by Crippen LogP contribution is 2.29. The Kier molecular flexibility index (Phi) is 3.75. The summed E-state index contributed by atoms with van der Waals surface area (Å²) in [6.45, 7) is 1.98. The van der Waals surface area contributed by atoms with Gasteiger partial charge in [-0.15, -0.1) is 0 Å². The lowest BCUT2D eigenvalue weighted by atomic mass is 10.1. The van der Waals surface area contributed by atoms with Crippen LogP contribution in [0.2, 0.25) is 10.0 Å². The molecule has 4 aromatic rings. The van der Waals surface area contributed by atoms with Gasteiger partial charge in [-0.05, 0) is 42.8 Å². The van der Waals surface area contributed by atoms with Gasteiger partial charge in [-0.1, -0.05) is 47.5 Å². The first-order valence-corrected chi connectivity index (χ1v) is 8.25. The minimum absolute atomic E-state index is 0.709. The average molecular weight is 354 g/mol. The maximum absolute atomic E-state index is 6.00. The zero-order chi connectivity index (χ0) is 16.7. The molecule has 0 aliphatic heterocycles. The Labute approximate surface area is 149 Å². The lowest BCUT2D eigenvalue weighted by molar-refractivity contribution is 0.938. The highest BCUT2D eigenvalue weighted by molar-refractivity contribution is 6.30. The summed E-state index contributed by atoms with van der Waals surface area (Å²) in [5, 5.41) is 5.97. The molecule has 2 heterocycles. The largest absolute Gasteiger partial charge is 0.233 e. The van der Waals surface area contributed by atoms with Gasteiger partial charge in [0.25, 0.3) is 0 Å². The number of hydrogen-bond acceptors (Lipinski definition) is 2. The van der Waals surface area contributed by atoms with Crippen molar-refractivity contribution in [3.63, 3.8) is 0 Å². The second-order valence-electron chi connectivity index (χ2n) is 5.59. The molecule has 0 aliphatic carbocycles. The van der Waals surface area contributed by atoms with E-state index >= 15 is 0 Å². The summed E-state index contributed by atoms with van der Waals surface area (Å²) in [6, 6.07) is 17.4. The molecular formula is C19H13Cl2N3. The van der Waals surface area contributed by atoms with Gasteiger partial charge in [0.15, 0.2) is 5.65 Å². The molecule has 3 nitrogen and oxygen atoms in total. The van der Waals surface area contributed by atoms with Crippen LogP contribution in [0.3, 0.4) is 0 Å². The maximum atomic E-state index is 6.00. The number of halogens is 2. The van der Waals surface area contributed by atoms with Crippen molar-refractivity contribution in [2.75, 3.05) is 0 Å². The fraction of sp³-hybridized carbons (Fsp3) is 0.0526. The van der Waals surface area contributed by atoms with Crippen LogP contribution in [0.15, 0.2) is 60.8 Å². The lowest BCUT2D eigenvalue weighted by Crippen LogP contribution is -1.98. The lowest BCUT2D eigenvalue weighted by Gasteiger charge is -2.07. The van der Waals surface area contributed by atoms with E-state index in [0.717, 1.165) is 33.7 Å². The monoisotopic (exact) mass is 353 g/mol. The third kappa shape index (κ3) is 2.66. The molecule has 0 N–H and O–H groups in total. The van der Waals surface area contributed by atoms with E-state index in [9.17, 15) is 0 Å². The zero-order valence-electron chi connectivity index (χ0n) is 12.9. The predicted molar refractivity (Wildman–Crippen MR) is 98.6 cm³/mol. The molecule has 118 valence electrons. The van der Waals surface area contributed by atoms with Gasteiger partial charge in [0.2, 0.25) is 0 Å². The molecular weight excluding hydrogens is 341 g/mol. The van der Waals surface area contributed by atoms with Gasteiger partial charge in [-0.3, -0.25) is 0 Å². The Bertz CT molecular complexity index is 1020. The summed E-state index contributed by atoms with van der Waals surface area (Å²) in [6.07, 6.45) is 1.84. The Morgan fingerprint density at radius 1 is 0.833 bits per heavy atom. The first-order chi connectivity index (χ1) is 11.6. The van der Waals surface area contributed by atoms with Gasteiger partial charge >= 0.3 is 0 Å². The molecule has 4 rings (SSSR count). The molecule has 2 aromatic heterocycles. The minimum atomic E-state index is 0.709. The fourth-order valence-electron chi connectivity index (χ4n) is 2.74. The van der Waals surface area contributed by atoms with Crippen LogP contribution in [0.4, 0.5) is 0 Å². The van der Waals surface area contributed by atoms with Gasteiger partial charge < -0.3 is 0 Å². The van der Waals surface area contributed by atoms with Crippen molar-refractivity contribution in [1.82, 2.24) is 14.6 Å². The molecule has 2 aromatic carbocycles. The smallest absolute Gasteiger partial charge is 0.163 e. The van der Waals surface area contributed by atoms with E-state index in [1.54, 1.807) is 0 Å². The number of hydrogen-bond donors (Lipinski definition) is 0. The van der Waals surface area contributed by atoms with Gasteiger partial charge in [-0.2, -0.15) is 5.10 Å². The molecule has 0 atom stereocenters. The molecule has 0 spiro atoms. The molecule has 5 heteroatoms. The SMILES string of the molecule is Cc1cc(-c2ccc(Cl)cc2)n2ncc(-c3ccc(Cl)cc3)c2n1. The molecule has 24 heavy (non-hydrogen) atoms. The van der Waals surface area contributed by atoms with Crippen LogP contribution in [-0.4, -0.2) is 14.6 Å². The standard InChI is InChI=1S/C19H13Cl2N3/c1-12-10-18(14-4-8-16(21)9-5-14)24-19(23-12)17(11-22-24)13-2-6-15(20)7-3-13/h2-11H,1H3. The van der Waals surface area contributed by atoms with Crippen LogP contribution in [0.1, 0.15) is 5.69 Å². The second-order valence-corrected chi connectivity index (χ2v) is 6.46. The highest BCUT2D eigenvalue weighted by atomic mass is 35.5. The van der Waals surface area contributed by atoms with Crippen molar-refractivity contribution in [3.8, 4) is 22.4 Å². The molecule has 0 aliphatic rings. The van der Waals surface area contributed by atoms with Crippen LogP contribution in [0, 0.1) is 6.92 Å². The van der Waals surface area contributed by atoms with Gasteiger partial charge in [-0.25, -0.2) is 9.50 Å². The Hall–Kier alpha value is -2.36. The van der Waals surface area contributed by atoms with Crippen molar-refractivity contribution in [2.24, 2.45) is 0 Å². The van der Waals surface area contributed by atoms with Crippen molar-refractivity contribution in [1.29, 1.82) is 0 Å². The molecule has 0 radical (unpaired) electrons. The first-order valence-electron chi connectivity index (χ1n) is 7.49. The highest BCUT2D eigenvalue weighted by Gasteiger charge is 2.13.